The molecule has 0 aromatic heterocycles. The van der Waals surface area contributed by atoms with Crippen LogP contribution in [-0.2, 0) is 0 Å². The quantitative estimate of drug-likeness (QED) is 0.212. The van der Waals surface area contributed by atoms with E-state index in [1.165, 1.54) is 44.6 Å². The molecule has 1 nitrogen and oxygen atoms in total. The molecule has 0 fully saturated rings. The molecule has 220 valence electrons. The van der Waals surface area contributed by atoms with Gasteiger partial charge in [-0.1, -0.05) is 158 Å². The smallest absolute Gasteiger partial charge is 0.0585 e. The predicted octanol–water partition coefficient (Wildman–Crippen LogP) is 11.4. The molecule has 0 saturated carbocycles. The summed E-state index contributed by atoms with van der Waals surface area (Å²) >= 11 is 0. The lowest BCUT2D eigenvalue weighted by Gasteiger charge is -2.35. The molecule has 2 aliphatic carbocycles. The first-order valence-electron chi connectivity index (χ1n) is 15.1. The van der Waals surface area contributed by atoms with Gasteiger partial charge in [-0.25, -0.2) is 0 Å². The van der Waals surface area contributed by atoms with E-state index in [0.29, 0.717) is 0 Å². The van der Waals surface area contributed by atoms with E-state index in [-0.39, 0.29) is 16.9 Å². The molecule has 2 aliphatic rings. The summed E-state index contributed by atoms with van der Waals surface area (Å²) in [4.78, 5) is 0. The Balaban J connectivity index is 1.90. The van der Waals surface area contributed by atoms with E-state index in [2.05, 4.69) is 166 Å². The highest BCUT2D eigenvalue weighted by Gasteiger charge is 2.31. The molecule has 0 amide bonds. The Hall–Kier alpha value is -3.16. The zero-order valence-electron chi connectivity index (χ0n) is 27.4. The lowest BCUT2D eigenvalue weighted by atomic mass is 9.71. The fourth-order valence-corrected chi connectivity index (χ4v) is 5.59. The third-order valence-corrected chi connectivity index (χ3v) is 7.88. The summed E-state index contributed by atoms with van der Waals surface area (Å²) in [5, 5.41) is 10.1. The van der Waals surface area contributed by atoms with Crippen LogP contribution >= 0.6 is 0 Å². The molecule has 0 radical (unpaired) electrons. The van der Waals surface area contributed by atoms with Gasteiger partial charge < -0.3 is 5.11 Å². The highest BCUT2D eigenvalue weighted by atomic mass is 16.3. The normalized spacial score (nSPS) is 23.1. The van der Waals surface area contributed by atoms with Crippen molar-refractivity contribution < 1.29 is 5.11 Å². The summed E-state index contributed by atoms with van der Waals surface area (Å²) in [6.45, 7) is 21.9. The van der Waals surface area contributed by atoms with Gasteiger partial charge in [0.25, 0.3) is 0 Å². The zero-order chi connectivity index (χ0) is 30.6. The van der Waals surface area contributed by atoms with Crippen LogP contribution in [0, 0.1) is 10.8 Å². The molecule has 2 rings (SSSR count). The van der Waals surface area contributed by atoms with Crippen LogP contribution in [-0.4, -0.2) is 11.2 Å². The standard InChI is InChI=1S/C40H54O/c1-30(18-13-20-32(3)23-25-37-34(5)22-15-27-39(37,7)8)16-11-12-17-31(2)19-14-21-33(4)24-26-38-35(6)28-36(41)29-40(38,9)10/h11-21,23-27,36,41H,22,28-29H2,1-10H3/b12-11+,18-13+,19-14+,25-23+,26-24+,30-16+,31-17+,32-20+,33-21+. The molecule has 1 atom stereocenters. The second-order valence-corrected chi connectivity index (χ2v) is 13.1. The van der Waals surface area contributed by atoms with Gasteiger partial charge in [0, 0.05) is 5.41 Å². The van der Waals surface area contributed by atoms with Gasteiger partial charge in [0.05, 0.1) is 6.10 Å². The highest BCUT2D eigenvalue weighted by molar-refractivity contribution is 5.41. The minimum absolute atomic E-state index is 0.0110. The number of allylic oxidation sites excluding steroid dienone is 23. The first-order valence-corrected chi connectivity index (χ1v) is 15.1. The van der Waals surface area contributed by atoms with E-state index in [4.69, 9.17) is 0 Å². The van der Waals surface area contributed by atoms with E-state index in [1.807, 2.05) is 0 Å². The van der Waals surface area contributed by atoms with Gasteiger partial charge in [-0.3, -0.25) is 0 Å². The van der Waals surface area contributed by atoms with Gasteiger partial charge in [0.1, 0.15) is 0 Å². The largest absolute Gasteiger partial charge is 0.393 e. The van der Waals surface area contributed by atoms with Crippen molar-refractivity contribution >= 4 is 0 Å². The Morgan fingerprint density at radius 3 is 1.63 bits per heavy atom. The monoisotopic (exact) mass is 550 g/mol. The third kappa shape index (κ3) is 11.7. The van der Waals surface area contributed by atoms with Gasteiger partial charge in [-0.05, 0) is 77.4 Å². The van der Waals surface area contributed by atoms with Crippen molar-refractivity contribution in [3.63, 3.8) is 0 Å². The first kappa shape index (κ1) is 34.0. The second kappa shape index (κ2) is 15.7. The molecular formula is C40H54O. The van der Waals surface area contributed by atoms with Crippen molar-refractivity contribution in [1.29, 1.82) is 0 Å². The van der Waals surface area contributed by atoms with Gasteiger partial charge >= 0.3 is 0 Å². The maximum Gasteiger partial charge on any atom is 0.0585 e. The molecule has 0 aliphatic heterocycles. The van der Waals surface area contributed by atoms with Crippen molar-refractivity contribution in [2.45, 2.75) is 94.6 Å². The van der Waals surface area contributed by atoms with E-state index < -0.39 is 0 Å². The summed E-state index contributed by atoms with van der Waals surface area (Å²) in [5.74, 6) is 0. The fraction of sp³-hybridized carbons (Fsp3) is 0.400. The zero-order valence-corrected chi connectivity index (χ0v) is 27.4. The average molecular weight is 551 g/mol. The summed E-state index contributed by atoms with van der Waals surface area (Å²) < 4.78 is 0. The molecule has 0 aromatic rings. The molecule has 0 heterocycles. The number of rotatable bonds is 10. The molecule has 0 bridgehead atoms. The topological polar surface area (TPSA) is 20.2 Å². The van der Waals surface area contributed by atoms with Crippen LogP contribution in [0.5, 0.6) is 0 Å². The van der Waals surface area contributed by atoms with Crippen LogP contribution in [0.15, 0.2) is 142 Å². The maximum absolute atomic E-state index is 10.1. The Labute approximate surface area is 251 Å². The third-order valence-electron chi connectivity index (χ3n) is 7.88. The van der Waals surface area contributed by atoms with Crippen molar-refractivity contribution in [3.8, 4) is 0 Å². The van der Waals surface area contributed by atoms with Crippen LogP contribution in [0.1, 0.15) is 88.5 Å². The maximum atomic E-state index is 10.1. The number of hydrogen-bond acceptors (Lipinski definition) is 1. The van der Waals surface area contributed by atoms with Crippen molar-refractivity contribution in [3.05, 3.63) is 142 Å². The molecule has 1 heteroatoms. The van der Waals surface area contributed by atoms with Crippen molar-refractivity contribution in [2.24, 2.45) is 10.8 Å². The predicted molar refractivity (Wildman–Crippen MR) is 183 cm³/mol. The molecule has 0 spiro atoms. The number of aliphatic hydroxyl groups excluding tert-OH is 1. The van der Waals surface area contributed by atoms with Crippen molar-refractivity contribution in [1.82, 2.24) is 0 Å². The summed E-state index contributed by atoms with van der Waals surface area (Å²) in [5.41, 5.74) is 10.5. The number of hydrogen-bond donors (Lipinski definition) is 1. The summed E-state index contributed by atoms with van der Waals surface area (Å²) in [6.07, 6.45) is 37.2. The second-order valence-electron chi connectivity index (χ2n) is 13.1. The van der Waals surface area contributed by atoms with Crippen LogP contribution in [0.3, 0.4) is 0 Å². The van der Waals surface area contributed by atoms with Crippen LogP contribution in [0.25, 0.3) is 0 Å². The Bertz CT molecular complexity index is 1300. The van der Waals surface area contributed by atoms with E-state index in [9.17, 15) is 5.11 Å². The molecule has 0 saturated heterocycles. The van der Waals surface area contributed by atoms with Gasteiger partial charge in [0.2, 0.25) is 0 Å². The fourth-order valence-electron chi connectivity index (χ4n) is 5.59. The Morgan fingerprint density at radius 2 is 1.15 bits per heavy atom. The first-order chi connectivity index (χ1) is 19.2. The minimum Gasteiger partial charge on any atom is -0.393 e. The molecule has 41 heavy (non-hydrogen) atoms. The average Bonchev–Trinajstić information content (AvgIpc) is 2.84. The Morgan fingerprint density at radius 1 is 0.683 bits per heavy atom. The SMILES string of the molecule is CC1=C(/C=C/C(C)=C/C=C/C(C)=C/C=C/C=C(C)/C=C/C=C(C)/C=C/C2=C(C)CC(O)CC2(C)C)C(C)(C)C=CC1. The van der Waals surface area contributed by atoms with E-state index in [1.54, 1.807) is 0 Å². The lowest BCUT2D eigenvalue weighted by molar-refractivity contribution is 0.116. The van der Waals surface area contributed by atoms with Gasteiger partial charge in [-0.15, -0.1) is 0 Å². The molecule has 0 aromatic carbocycles. The van der Waals surface area contributed by atoms with Crippen molar-refractivity contribution in [2.75, 3.05) is 0 Å². The number of aliphatic hydroxyl groups is 1. The summed E-state index contributed by atoms with van der Waals surface area (Å²) in [7, 11) is 0. The molecular weight excluding hydrogens is 496 g/mol. The Kier molecular flexibility index (Phi) is 13.1. The molecule has 1 N–H and O–H groups in total. The van der Waals surface area contributed by atoms with Gasteiger partial charge in [-0.2, -0.15) is 0 Å². The highest BCUT2D eigenvalue weighted by Crippen LogP contribution is 2.41. The van der Waals surface area contributed by atoms with E-state index >= 15 is 0 Å². The van der Waals surface area contributed by atoms with Crippen LogP contribution in [0.4, 0.5) is 0 Å². The van der Waals surface area contributed by atoms with E-state index in [0.717, 1.165) is 19.3 Å². The summed E-state index contributed by atoms with van der Waals surface area (Å²) in [6, 6.07) is 0. The lowest BCUT2D eigenvalue weighted by Crippen LogP contribution is -2.28. The molecule has 1 unspecified atom stereocenters. The minimum atomic E-state index is -0.222. The van der Waals surface area contributed by atoms with Crippen LogP contribution < -0.4 is 0 Å². The van der Waals surface area contributed by atoms with Gasteiger partial charge in [0.15, 0.2) is 0 Å². The van der Waals surface area contributed by atoms with Crippen LogP contribution in [0.2, 0.25) is 0 Å².